The maximum Gasteiger partial charge on any atom is 0.243 e. The van der Waals surface area contributed by atoms with E-state index in [-0.39, 0.29) is 6.54 Å². The van der Waals surface area contributed by atoms with Gasteiger partial charge in [0.25, 0.3) is 0 Å². The highest BCUT2D eigenvalue weighted by molar-refractivity contribution is 7.89. The molecule has 0 radical (unpaired) electrons. The average Bonchev–Trinajstić information content (AvgIpc) is 2.76. The van der Waals surface area contributed by atoms with Crippen molar-refractivity contribution in [1.82, 2.24) is 4.31 Å². The van der Waals surface area contributed by atoms with Crippen molar-refractivity contribution in [3.8, 4) is 12.3 Å². The molecule has 0 fully saturated rings. The second-order valence-electron chi connectivity index (χ2n) is 3.96. The van der Waals surface area contributed by atoms with Gasteiger partial charge in [-0.15, -0.1) is 6.42 Å². The van der Waals surface area contributed by atoms with Crippen LogP contribution in [0.3, 0.4) is 0 Å². The predicted molar refractivity (Wildman–Crippen MR) is 67.3 cm³/mol. The molecule has 1 aliphatic rings. The Bertz CT molecular complexity index is 573. The van der Waals surface area contributed by atoms with E-state index in [4.69, 9.17) is 6.42 Å². The molecule has 0 saturated carbocycles. The SMILES string of the molecule is C#CCN(C)S(=O)(=O)c1ccc2c(c1)CCN2. The van der Waals surface area contributed by atoms with Crippen molar-refractivity contribution in [3.63, 3.8) is 0 Å². The van der Waals surface area contributed by atoms with Gasteiger partial charge in [-0.2, -0.15) is 4.31 Å². The van der Waals surface area contributed by atoms with Crippen molar-refractivity contribution in [1.29, 1.82) is 0 Å². The van der Waals surface area contributed by atoms with E-state index in [9.17, 15) is 8.42 Å². The Labute approximate surface area is 102 Å². The van der Waals surface area contributed by atoms with Gasteiger partial charge in [0.15, 0.2) is 0 Å². The van der Waals surface area contributed by atoms with Gasteiger partial charge >= 0.3 is 0 Å². The van der Waals surface area contributed by atoms with E-state index in [1.54, 1.807) is 18.2 Å². The fraction of sp³-hybridized carbons (Fsp3) is 0.333. The lowest BCUT2D eigenvalue weighted by molar-refractivity contribution is 0.503. The van der Waals surface area contributed by atoms with Gasteiger partial charge in [0.2, 0.25) is 10.0 Å². The van der Waals surface area contributed by atoms with E-state index in [2.05, 4.69) is 11.2 Å². The second kappa shape index (κ2) is 4.40. The highest BCUT2D eigenvalue weighted by Gasteiger charge is 2.22. The molecule has 0 atom stereocenters. The van der Waals surface area contributed by atoms with Crippen LogP contribution in [-0.4, -0.2) is 32.9 Å². The number of hydrogen-bond donors (Lipinski definition) is 1. The van der Waals surface area contributed by atoms with Crippen molar-refractivity contribution in [2.24, 2.45) is 0 Å². The number of nitrogens with zero attached hydrogens (tertiary/aromatic N) is 1. The number of nitrogens with one attached hydrogen (secondary N) is 1. The summed E-state index contributed by atoms with van der Waals surface area (Å²) in [6, 6.07) is 5.14. The van der Waals surface area contributed by atoms with Crippen molar-refractivity contribution >= 4 is 15.7 Å². The molecular formula is C12H14N2O2S. The molecule has 1 N–H and O–H groups in total. The highest BCUT2D eigenvalue weighted by Crippen LogP contribution is 2.26. The molecule has 1 heterocycles. The van der Waals surface area contributed by atoms with Crippen molar-refractivity contribution in [2.45, 2.75) is 11.3 Å². The molecule has 17 heavy (non-hydrogen) atoms. The lowest BCUT2D eigenvalue weighted by Gasteiger charge is -2.14. The summed E-state index contributed by atoms with van der Waals surface area (Å²) in [6.45, 7) is 0.941. The van der Waals surface area contributed by atoms with Crippen LogP contribution in [0.1, 0.15) is 5.56 Å². The standard InChI is InChI=1S/C12H14N2O2S/c1-3-8-14(2)17(15,16)11-4-5-12-10(9-11)6-7-13-12/h1,4-5,9,13H,6-8H2,2H3. The number of terminal acetylenes is 1. The van der Waals surface area contributed by atoms with Crippen LogP contribution in [0, 0.1) is 12.3 Å². The number of rotatable bonds is 3. The Morgan fingerprint density at radius 1 is 1.53 bits per heavy atom. The third-order valence-corrected chi connectivity index (χ3v) is 4.61. The lowest BCUT2D eigenvalue weighted by Crippen LogP contribution is -2.27. The quantitative estimate of drug-likeness (QED) is 0.811. The zero-order valence-electron chi connectivity index (χ0n) is 9.60. The zero-order valence-corrected chi connectivity index (χ0v) is 10.4. The second-order valence-corrected chi connectivity index (χ2v) is 6.01. The Morgan fingerprint density at radius 2 is 2.29 bits per heavy atom. The summed E-state index contributed by atoms with van der Waals surface area (Å²) in [5, 5.41) is 3.19. The van der Waals surface area contributed by atoms with Crippen LogP contribution in [0.25, 0.3) is 0 Å². The monoisotopic (exact) mass is 250 g/mol. The first-order chi connectivity index (χ1) is 8.05. The van der Waals surface area contributed by atoms with Gasteiger partial charge in [-0.1, -0.05) is 5.92 Å². The minimum Gasteiger partial charge on any atom is -0.384 e. The van der Waals surface area contributed by atoms with Crippen molar-refractivity contribution in [3.05, 3.63) is 23.8 Å². The molecular weight excluding hydrogens is 236 g/mol. The van der Waals surface area contributed by atoms with E-state index in [1.165, 1.54) is 11.4 Å². The maximum absolute atomic E-state index is 12.1. The van der Waals surface area contributed by atoms with Gasteiger partial charge < -0.3 is 5.32 Å². The summed E-state index contributed by atoms with van der Waals surface area (Å²) in [6.07, 6.45) is 5.99. The summed E-state index contributed by atoms with van der Waals surface area (Å²) < 4.78 is 25.4. The van der Waals surface area contributed by atoms with E-state index in [0.717, 1.165) is 24.2 Å². The van der Waals surface area contributed by atoms with Crippen LogP contribution < -0.4 is 5.32 Å². The number of sulfonamides is 1. The predicted octanol–water partition coefficient (Wildman–Crippen LogP) is 0.908. The molecule has 2 rings (SSSR count). The first kappa shape index (κ1) is 12.0. The summed E-state index contributed by atoms with van der Waals surface area (Å²) in [4.78, 5) is 0.303. The van der Waals surface area contributed by atoms with Crippen LogP contribution in [0.15, 0.2) is 23.1 Å². The molecule has 0 saturated heterocycles. The minimum absolute atomic E-state index is 0.0810. The van der Waals surface area contributed by atoms with Gasteiger partial charge in [-0.05, 0) is 30.2 Å². The molecule has 1 aliphatic heterocycles. The van der Waals surface area contributed by atoms with Gasteiger partial charge in [-0.3, -0.25) is 0 Å². The summed E-state index contributed by atoms with van der Waals surface area (Å²) in [7, 11) is -1.97. The van der Waals surface area contributed by atoms with E-state index < -0.39 is 10.0 Å². The van der Waals surface area contributed by atoms with Gasteiger partial charge in [0.1, 0.15) is 0 Å². The topological polar surface area (TPSA) is 49.4 Å². The van der Waals surface area contributed by atoms with Gasteiger partial charge in [0, 0.05) is 19.3 Å². The molecule has 5 heteroatoms. The molecule has 90 valence electrons. The maximum atomic E-state index is 12.1. The summed E-state index contributed by atoms with van der Waals surface area (Å²) in [5.41, 5.74) is 2.06. The van der Waals surface area contributed by atoms with E-state index in [0.29, 0.717) is 4.90 Å². The number of fused-ring (bicyclic) bond motifs is 1. The van der Waals surface area contributed by atoms with Gasteiger partial charge in [-0.25, -0.2) is 8.42 Å². The third-order valence-electron chi connectivity index (χ3n) is 2.81. The van der Waals surface area contributed by atoms with E-state index in [1.807, 2.05) is 0 Å². The normalized spacial score (nSPS) is 14.2. The molecule has 0 amide bonds. The molecule has 0 spiro atoms. The van der Waals surface area contributed by atoms with Crippen molar-refractivity contribution in [2.75, 3.05) is 25.5 Å². The Balaban J connectivity index is 2.38. The molecule has 1 aromatic carbocycles. The molecule has 4 nitrogen and oxygen atoms in total. The fourth-order valence-electron chi connectivity index (χ4n) is 1.84. The molecule has 0 aromatic heterocycles. The average molecular weight is 250 g/mol. The molecule has 1 aromatic rings. The summed E-state index contributed by atoms with van der Waals surface area (Å²) >= 11 is 0. The Morgan fingerprint density at radius 3 is 3.00 bits per heavy atom. The molecule has 0 unspecified atom stereocenters. The van der Waals surface area contributed by atoms with Crippen LogP contribution in [-0.2, 0) is 16.4 Å². The largest absolute Gasteiger partial charge is 0.384 e. The first-order valence-electron chi connectivity index (χ1n) is 5.32. The van der Waals surface area contributed by atoms with Crippen LogP contribution in [0.4, 0.5) is 5.69 Å². The van der Waals surface area contributed by atoms with Crippen molar-refractivity contribution < 1.29 is 8.42 Å². The molecule has 0 bridgehead atoms. The van der Waals surface area contributed by atoms with Crippen LogP contribution in [0.2, 0.25) is 0 Å². The van der Waals surface area contributed by atoms with Crippen LogP contribution >= 0.6 is 0 Å². The number of benzene rings is 1. The smallest absolute Gasteiger partial charge is 0.243 e. The highest BCUT2D eigenvalue weighted by atomic mass is 32.2. The Hall–Kier alpha value is -1.51. The van der Waals surface area contributed by atoms with E-state index >= 15 is 0 Å². The number of anilines is 1. The minimum atomic E-state index is -3.46. The first-order valence-corrected chi connectivity index (χ1v) is 6.76. The summed E-state index contributed by atoms with van der Waals surface area (Å²) in [5.74, 6) is 2.33. The van der Waals surface area contributed by atoms with Gasteiger partial charge in [0.05, 0.1) is 11.4 Å². The fourth-order valence-corrected chi connectivity index (χ4v) is 2.97. The zero-order chi connectivity index (χ0) is 12.5. The van der Waals surface area contributed by atoms with Crippen LogP contribution in [0.5, 0.6) is 0 Å². The third kappa shape index (κ3) is 2.14. The lowest BCUT2D eigenvalue weighted by atomic mass is 10.2. The molecule has 0 aliphatic carbocycles. The number of hydrogen-bond acceptors (Lipinski definition) is 3. The Kier molecular flexibility index (Phi) is 3.09.